The molecule has 1 aromatic heterocycles. The van der Waals surface area contributed by atoms with E-state index >= 15 is 0 Å². The monoisotopic (exact) mass is 271 g/mol. The Labute approximate surface area is 110 Å². The van der Waals surface area contributed by atoms with Crippen LogP contribution >= 0.6 is 11.5 Å². The topological polar surface area (TPSA) is 70.6 Å². The van der Waals surface area contributed by atoms with Gasteiger partial charge >= 0.3 is 6.03 Å². The Morgan fingerprint density at radius 2 is 2.28 bits per heavy atom. The molecule has 0 aliphatic carbocycles. The molecule has 0 aromatic carbocycles. The van der Waals surface area contributed by atoms with Crippen molar-refractivity contribution < 1.29 is 9.53 Å². The van der Waals surface area contributed by atoms with Crippen molar-refractivity contribution in [3.63, 3.8) is 0 Å². The first-order valence-corrected chi connectivity index (χ1v) is 6.56. The second-order valence-electron chi connectivity index (χ2n) is 4.00. The molecule has 0 bridgehead atoms. The molecule has 100 valence electrons. The van der Waals surface area contributed by atoms with Gasteiger partial charge in [-0.1, -0.05) is 0 Å². The van der Waals surface area contributed by atoms with Crippen LogP contribution in [-0.2, 0) is 11.3 Å². The van der Waals surface area contributed by atoms with Crippen LogP contribution in [0.3, 0.4) is 0 Å². The van der Waals surface area contributed by atoms with Crippen molar-refractivity contribution in [2.45, 2.75) is 6.54 Å². The van der Waals surface area contributed by atoms with E-state index in [0.29, 0.717) is 11.7 Å². The molecule has 2 rings (SSSR count). The van der Waals surface area contributed by atoms with E-state index in [2.05, 4.69) is 19.6 Å². The summed E-state index contributed by atoms with van der Waals surface area (Å²) in [5, 5.41) is 3.16. The number of nitrogens with zero attached hydrogens (tertiary/aromatic N) is 4. The van der Waals surface area contributed by atoms with Crippen molar-refractivity contribution in [2.24, 2.45) is 0 Å². The zero-order valence-corrected chi connectivity index (χ0v) is 11.4. The number of ether oxygens (including phenoxy) is 1. The molecule has 0 atom stereocenters. The lowest BCUT2D eigenvalue weighted by molar-refractivity contribution is 0.0332. The highest BCUT2D eigenvalue weighted by atomic mass is 32.1. The van der Waals surface area contributed by atoms with Crippen LogP contribution in [0.25, 0.3) is 0 Å². The van der Waals surface area contributed by atoms with Crippen LogP contribution in [0, 0.1) is 0 Å². The van der Waals surface area contributed by atoms with E-state index in [4.69, 9.17) is 4.74 Å². The molecule has 0 radical (unpaired) electrons. The lowest BCUT2D eigenvalue weighted by Gasteiger charge is -2.25. The summed E-state index contributed by atoms with van der Waals surface area (Å²) < 4.78 is 9.56. The third-order valence-electron chi connectivity index (χ3n) is 2.73. The molecule has 1 fully saturated rings. The summed E-state index contributed by atoms with van der Waals surface area (Å²) >= 11 is 1.24. The predicted octanol–water partition coefficient (Wildman–Crippen LogP) is 0.146. The van der Waals surface area contributed by atoms with Gasteiger partial charge in [0.25, 0.3) is 0 Å². The lowest BCUT2D eigenvalue weighted by Crippen LogP contribution is -2.36. The van der Waals surface area contributed by atoms with Gasteiger partial charge in [0.15, 0.2) is 5.82 Å². The number of aromatic nitrogens is 2. The van der Waals surface area contributed by atoms with Crippen LogP contribution in [-0.4, -0.2) is 60.7 Å². The number of rotatable bonds is 3. The van der Waals surface area contributed by atoms with Crippen molar-refractivity contribution in [3.8, 4) is 0 Å². The van der Waals surface area contributed by atoms with Crippen molar-refractivity contribution in [1.82, 2.24) is 19.6 Å². The fraction of sp³-hybridized carbons (Fsp3) is 0.700. The Hall–Kier alpha value is -1.25. The minimum Gasteiger partial charge on any atom is -0.379 e. The van der Waals surface area contributed by atoms with Crippen molar-refractivity contribution in [1.29, 1.82) is 0 Å². The van der Waals surface area contributed by atoms with Crippen molar-refractivity contribution >= 4 is 22.7 Å². The molecule has 18 heavy (non-hydrogen) atoms. The van der Waals surface area contributed by atoms with Gasteiger partial charge in [-0.25, -0.2) is 9.78 Å². The predicted molar refractivity (Wildman–Crippen MR) is 68.9 cm³/mol. The summed E-state index contributed by atoms with van der Waals surface area (Å²) in [4.78, 5) is 19.5. The Morgan fingerprint density at radius 3 is 2.94 bits per heavy atom. The minimum atomic E-state index is -0.191. The van der Waals surface area contributed by atoms with Gasteiger partial charge in [0.2, 0.25) is 5.13 Å². The molecule has 2 amide bonds. The van der Waals surface area contributed by atoms with E-state index in [1.807, 2.05) is 0 Å². The maximum atomic E-state index is 11.4. The average Bonchev–Trinajstić information content (AvgIpc) is 2.86. The Morgan fingerprint density at radius 1 is 1.56 bits per heavy atom. The largest absolute Gasteiger partial charge is 0.379 e. The molecule has 0 unspecified atom stereocenters. The summed E-state index contributed by atoms with van der Waals surface area (Å²) in [6.07, 6.45) is 0. The van der Waals surface area contributed by atoms with Crippen LogP contribution in [0.4, 0.5) is 9.93 Å². The van der Waals surface area contributed by atoms with Crippen LogP contribution in [0.5, 0.6) is 0 Å². The quantitative estimate of drug-likeness (QED) is 0.847. The zero-order chi connectivity index (χ0) is 13.0. The summed E-state index contributed by atoms with van der Waals surface area (Å²) in [7, 11) is 3.27. The summed E-state index contributed by atoms with van der Waals surface area (Å²) in [6, 6.07) is -0.191. The molecule has 2 heterocycles. The van der Waals surface area contributed by atoms with Gasteiger partial charge in [-0.05, 0) is 0 Å². The average molecular weight is 271 g/mol. The molecule has 7 nitrogen and oxygen atoms in total. The van der Waals surface area contributed by atoms with E-state index in [1.54, 1.807) is 14.1 Å². The summed E-state index contributed by atoms with van der Waals surface area (Å²) in [5.41, 5.74) is 0. The van der Waals surface area contributed by atoms with E-state index in [-0.39, 0.29) is 6.03 Å². The van der Waals surface area contributed by atoms with Gasteiger partial charge in [0.05, 0.1) is 19.8 Å². The first kappa shape index (κ1) is 13.2. The number of hydrogen-bond donors (Lipinski definition) is 1. The lowest BCUT2D eigenvalue weighted by atomic mass is 10.4. The van der Waals surface area contributed by atoms with Crippen LogP contribution in [0.2, 0.25) is 0 Å². The smallest absolute Gasteiger partial charge is 0.323 e. The van der Waals surface area contributed by atoms with E-state index in [0.717, 1.165) is 32.1 Å². The number of morpholine rings is 1. The fourth-order valence-corrected chi connectivity index (χ4v) is 2.30. The Balaban J connectivity index is 1.94. The third-order valence-corrected chi connectivity index (χ3v) is 3.56. The zero-order valence-electron chi connectivity index (χ0n) is 10.5. The molecule has 1 aliphatic rings. The summed E-state index contributed by atoms with van der Waals surface area (Å²) in [6.45, 7) is 4.03. The van der Waals surface area contributed by atoms with Gasteiger partial charge in [-0.15, -0.1) is 0 Å². The van der Waals surface area contributed by atoms with Crippen molar-refractivity contribution in [3.05, 3.63) is 5.82 Å². The first-order valence-electron chi connectivity index (χ1n) is 5.79. The number of amides is 2. The number of hydrogen-bond acceptors (Lipinski definition) is 6. The fourth-order valence-electron chi connectivity index (χ4n) is 1.66. The maximum absolute atomic E-state index is 11.4. The van der Waals surface area contributed by atoms with Crippen LogP contribution < -0.4 is 10.2 Å². The number of carbonyl (C=O) groups is 1. The van der Waals surface area contributed by atoms with Gasteiger partial charge < -0.3 is 10.1 Å². The first-order chi connectivity index (χ1) is 8.70. The molecular formula is C10H17N5O2S. The maximum Gasteiger partial charge on any atom is 0.323 e. The normalized spacial score (nSPS) is 16.6. The standard InChI is InChI=1S/C10H17N5O2S/c1-11-9(16)14(2)10-12-8(13-18-10)7-15-3-5-17-6-4-15/h3-7H2,1-2H3,(H,11,16). The molecule has 1 saturated heterocycles. The van der Waals surface area contributed by atoms with E-state index < -0.39 is 0 Å². The molecule has 1 aromatic rings. The van der Waals surface area contributed by atoms with Crippen LogP contribution in [0.15, 0.2) is 0 Å². The Bertz CT molecular complexity index is 405. The molecule has 1 aliphatic heterocycles. The van der Waals surface area contributed by atoms with E-state index in [1.165, 1.54) is 16.4 Å². The Kier molecular flexibility index (Phi) is 4.45. The third kappa shape index (κ3) is 3.15. The van der Waals surface area contributed by atoms with E-state index in [9.17, 15) is 4.79 Å². The SMILES string of the molecule is CNC(=O)N(C)c1nc(CN2CCOCC2)ns1. The molecule has 0 saturated carbocycles. The number of nitrogens with one attached hydrogen (secondary N) is 1. The van der Waals surface area contributed by atoms with Gasteiger partial charge in [-0.2, -0.15) is 4.37 Å². The minimum absolute atomic E-state index is 0.191. The van der Waals surface area contributed by atoms with Gasteiger partial charge in [0, 0.05) is 38.7 Å². The van der Waals surface area contributed by atoms with Gasteiger partial charge in [-0.3, -0.25) is 9.80 Å². The highest BCUT2D eigenvalue weighted by Gasteiger charge is 2.17. The number of urea groups is 1. The molecule has 1 N–H and O–H groups in total. The molecule has 0 spiro atoms. The second kappa shape index (κ2) is 6.07. The highest BCUT2D eigenvalue weighted by molar-refractivity contribution is 7.09. The second-order valence-corrected chi connectivity index (χ2v) is 4.73. The molecule has 8 heteroatoms. The van der Waals surface area contributed by atoms with Crippen molar-refractivity contribution in [2.75, 3.05) is 45.3 Å². The number of carbonyl (C=O) groups excluding carboxylic acids is 1. The number of anilines is 1. The molecular weight excluding hydrogens is 254 g/mol. The highest BCUT2D eigenvalue weighted by Crippen LogP contribution is 2.16. The van der Waals surface area contributed by atoms with Gasteiger partial charge in [0.1, 0.15) is 0 Å². The summed E-state index contributed by atoms with van der Waals surface area (Å²) in [5.74, 6) is 0.757. The van der Waals surface area contributed by atoms with Crippen LogP contribution in [0.1, 0.15) is 5.82 Å².